The van der Waals surface area contributed by atoms with Crippen LogP contribution in [0.4, 0.5) is 5.69 Å². The van der Waals surface area contributed by atoms with E-state index >= 15 is 0 Å². The highest BCUT2D eigenvalue weighted by Gasteiger charge is 2.47. The molecule has 1 fully saturated rings. The molecule has 0 aliphatic heterocycles. The highest BCUT2D eigenvalue weighted by Crippen LogP contribution is 2.39. The number of hydrogen-bond donors (Lipinski definition) is 2. The minimum absolute atomic E-state index is 0.0155. The zero-order valence-electron chi connectivity index (χ0n) is 13.9. The maximum atomic E-state index is 12.2. The maximum Gasteiger partial charge on any atom is 0.228 e. The summed E-state index contributed by atoms with van der Waals surface area (Å²) >= 11 is 0. The van der Waals surface area contributed by atoms with Gasteiger partial charge >= 0.3 is 0 Å². The molecule has 1 aliphatic rings. The van der Waals surface area contributed by atoms with E-state index < -0.39 is 0 Å². The van der Waals surface area contributed by atoms with Crippen molar-refractivity contribution in [3.63, 3.8) is 0 Å². The van der Waals surface area contributed by atoms with Gasteiger partial charge in [-0.05, 0) is 49.8 Å². The van der Waals surface area contributed by atoms with E-state index in [1.165, 1.54) is 0 Å². The van der Waals surface area contributed by atoms with E-state index in [2.05, 4.69) is 24.5 Å². The molecule has 1 aromatic rings. The molecule has 1 aliphatic carbocycles. The third-order valence-corrected chi connectivity index (χ3v) is 4.35. The average molecular weight is 302 g/mol. The maximum absolute atomic E-state index is 12.2. The first-order valence-corrected chi connectivity index (χ1v) is 8.05. The molecule has 4 nitrogen and oxygen atoms in total. The van der Waals surface area contributed by atoms with Crippen molar-refractivity contribution in [3.8, 4) is 0 Å². The van der Waals surface area contributed by atoms with Crippen molar-refractivity contribution in [2.75, 3.05) is 11.9 Å². The van der Waals surface area contributed by atoms with Gasteiger partial charge in [-0.3, -0.25) is 9.59 Å². The topological polar surface area (TPSA) is 58.2 Å². The van der Waals surface area contributed by atoms with Gasteiger partial charge < -0.3 is 10.6 Å². The Labute approximate surface area is 132 Å². The molecule has 0 spiro atoms. The lowest BCUT2D eigenvalue weighted by Crippen LogP contribution is -2.29. The van der Waals surface area contributed by atoms with Crippen LogP contribution in [0.2, 0.25) is 0 Å². The van der Waals surface area contributed by atoms with Crippen LogP contribution in [-0.2, 0) is 9.59 Å². The van der Waals surface area contributed by atoms with Gasteiger partial charge in [0.05, 0.1) is 11.8 Å². The largest absolute Gasteiger partial charge is 0.356 e. The monoisotopic (exact) mass is 302 g/mol. The molecule has 120 valence electrons. The molecule has 0 saturated heterocycles. The summed E-state index contributed by atoms with van der Waals surface area (Å²) in [7, 11) is 0. The van der Waals surface area contributed by atoms with E-state index in [9.17, 15) is 9.59 Å². The van der Waals surface area contributed by atoms with Gasteiger partial charge in [-0.2, -0.15) is 0 Å². The number of rotatable bonds is 6. The van der Waals surface area contributed by atoms with Gasteiger partial charge in [0, 0.05) is 12.2 Å². The van der Waals surface area contributed by atoms with Crippen LogP contribution < -0.4 is 10.6 Å². The van der Waals surface area contributed by atoms with Crippen molar-refractivity contribution in [2.24, 2.45) is 17.8 Å². The molecule has 22 heavy (non-hydrogen) atoms. The number of hydrogen-bond acceptors (Lipinski definition) is 2. The molecular weight excluding hydrogens is 276 g/mol. The fraction of sp³-hybridized carbons (Fsp3) is 0.556. The van der Waals surface area contributed by atoms with E-state index in [0.717, 1.165) is 23.2 Å². The van der Waals surface area contributed by atoms with Crippen LogP contribution in [0.3, 0.4) is 0 Å². The molecule has 2 rings (SSSR count). The number of aryl methyl sites for hydroxylation is 1. The summed E-state index contributed by atoms with van der Waals surface area (Å²) < 4.78 is 0. The molecule has 0 heterocycles. The molecule has 1 saturated carbocycles. The number of amides is 2. The predicted octanol–water partition coefficient (Wildman–Crippen LogP) is 3.04. The zero-order valence-corrected chi connectivity index (χ0v) is 13.9. The van der Waals surface area contributed by atoms with Crippen molar-refractivity contribution in [1.82, 2.24) is 5.32 Å². The Kier molecular flexibility index (Phi) is 5.22. The number of carbonyl (C=O) groups is 2. The lowest BCUT2D eigenvalue weighted by Gasteiger charge is -2.10. The average Bonchev–Trinajstić information content (AvgIpc) is 3.24. The Morgan fingerprint density at radius 1 is 1.18 bits per heavy atom. The Morgan fingerprint density at radius 3 is 2.55 bits per heavy atom. The summed E-state index contributed by atoms with van der Waals surface area (Å²) in [5.74, 6) is 0.207. The summed E-state index contributed by atoms with van der Waals surface area (Å²) in [5, 5.41) is 5.88. The van der Waals surface area contributed by atoms with Gasteiger partial charge in [0.15, 0.2) is 0 Å². The number of benzene rings is 1. The third kappa shape index (κ3) is 4.09. The van der Waals surface area contributed by atoms with Crippen molar-refractivity contribution < 1.29 is 9.59 Å². The van der Waals surface area contributed by atoms with E-state index in [-0.39, 0.29) is 23.7 Å². The van der Waals surface area contributed by atoms with Crippen LogP contribution in [0.15, 0.2) is 18.2 Å². The second-order valence-electron chi connectivity index (χ2n) is 6.66. The predicted molar refractivity (Wildman–Crippen MR) is 88.6 cm³/mol. The molecule has 2 N–H and O–H groups in total. The standard InChI is InChI=1S/C18H26N2O2/c1-11(2)8-9-19-17(21)14-10-15(14)18(22)20-16-7-5-6-12(3)13(16)4/h5-7,11,14-15H,8-10H2,1-4H3,(H,19,21)(H,20,22). The van der Waals surface area contributed by atoms with Gasteiger partial charge in [0.2, 0.25) is 11.8 Å². The van der Waals surface area contributed by atoms with Gasteiger partial charge in [-0.1, -0.05) is 26.0 Å². The fourth-order valence-electron chi connectivity index (χ4n) is 2.50. The van der Waals surface area contributed by atoms with Crippen LogP contribution in [0.25, 0.3) is 0 Å². The van der Waals surface area contributed by atoms with Crippen molar-refractivity contribution >= 4 is 17.5 Å². The first-order chi connectivity index (χ1) is 10.4. The van der Waals surface area contributed by atoms with Gasteiger partial charge in [0.1, 0.15) is 0 Å². The van der Waals surface area contributed by atoms with Gasteiger partial charge in [-0.25, -0.2) is 0 Å². The summed E-state index contributed by atoms with van der Waals surface area (Å²) in [5.41, 5.74) is 3.07. The molecule has 4 heteroatoms. The first-order valence-electron chi connectivity index (χ1n) is 8.05. The second kappa shape index (κ2) is 6.95. The third-order valence-electron chi connectivity index (χ3n) is 4.35. The van der Waals surface area contributed by atoms with Crippen LogP contribution in [-0.4, -0.2) is 18.4 Å². The number of nitrogens with one attached hydrogen (secondary N) is 2. The Morgan fingerprint density at radius 2 is 1.86 bits per heavy atom. The summed E-state index contributed by atoms with van der Waals surface area (Å²) in [6, 6.07) is 5.86. The highest BCUT2D eigenvalue weighted by molar-refractivity contribution is 6.00. The van der Waals surface area contributed by atoms with Crippen molar-refractivity contribution in [1.29, 1.82) is 0 Å². The first kappa shape index (κ1) is 16.5. The molecule has 2 atom stereocenters. The minimum atomic E-state index is -0.182. The molecule has 2 amide bonds. The van der Waals surface area contributed by atoms with Crippen LogP contribution in [0.5, 0.6) is 0 Å². The van der Waals surface area contributed by atoms with Gasteiger partial charge in [0.25, 0.3) is 0 Å². The Balaban J connectivity index is 1.83. The van der Waals surface area contributed by atoms with E-state index in [4.69, 9.17) is 0 Å². The molecule has 2 unspecified atom stereocenters. The SMILES string of the molecule is Cc1cccc(NC(=O)C2CC2C(=O)NCCC(C)C)c1C. The number of anilines is 1. The summed E-state index contributed by atoms with van der Waals surface area (Å²) in [6.45, 7) is 8.97. The normalized spacial score (nSPS) is 19.9. The summed E-state index contributed by atoms with van der Waals surface area (Å²) in [6.07, 6.45) is 1.63. The zero-order chi connectivity index (χ0) is 16.3. The fourth-order valence-corrected chi connectivity index (χ4v) is 2.50. The van der Waals surface area contributed by atoms with E-state index in [1.807, 2.05) is 32.0 Å². The molecule has 0 bridgehead atoms. The smallest absolute Gasteiger partial charge is 0.228 e. The Bertz CT molecular complexity index is 566. The van der Waals surface area contributed by atoms with Gasteiger partial charge in [-0.15, -0.1) is 0 Å². The van der Waals surface area contributed by atoms with Crippen LogP contribution in [0.1, 0.15) is 37.8 Å². The van der Waals surface area contributed by atoms with E-state index in [0.29, 0.717) is 18.9 Å². The Hall–Kier alpha value is -1.84. The molecule has 0 radical (unpaired) electrons. The lowest BCUT2D eigenvalue weighted by atomic mass is 10.1. The second-order valence-corrected chi connectivity index (χ2v) is 6.66. The molecule has 1 aromatic carbocycles. The van der Waals surface area contributed by atoms with Crippen LogP contribution in [0, 0.1) is 31.6 Å². The van der Waals surface area contributed by atoms with Crippen molar-refractivity contribution in [3.05, 3.63) is 29.3 Å². The lowest BCUT2D eigenvalue weighted by molar-refractivity contribution is -0.125. The molecule has 0 aromatic heterocycles. The molecular formula is C18H26N2O2. The number of carbonyl (C=O) groups excluding carboxylic acids is 2. The minimum Gasteiger partial charge on any atom is -0.356 e. The summed E-state index contributed by atoms with van der Waals surface area (Å²) in [4.78, 5) is 24.2. The van der Waals surface area contributed by atoms with Crippen LogP contribution >= 0.6 is 0 Å². The highest BCUT2D eigenvalue weighted by atomic mass is 16.2. The van der Waals surface area contributed by atoms with Crippen molar-refractivity contribution in [2.45, 2.75) is 40.5 Å². The quantitative estimate of drug-likeness (QED) is 0.848. The van der Waals surface area contributed by atoms with E-state index in [1.54, 1.807) is 0 Å².